The first kappa shape index (κ1) is 27.8. The van der Waals surface area contributed by atoms with Crippen LogP contribution in [0.4, 0.5) is 0 Å². The summed E-state index contributed by atoms with van der Waals surface area (Å²) in [4.78, 5) is 29.1. The fraction of sp³-hybridized carbons (Fsp3) is 0.333. The molecule has 4 rings (SSSR count). The number of benzene rings is 3. The Morgan fingerprint density at radius 2 is 1.61 bits per heavy atom. The minimum Gasteiger partial charge on any atom is -0.454 e. The maximum Gasteiger partial charge on any atom is 0.243 e. The zero-order valence-corrected chi connectivity index (χ0v) is 23.3. The van der Waals surface area contributed by atoms with Gasteiger partial charge >= 0.3 is 0 Å². The van der Waals surface area contributed by atoms with Gasteiger partial charge in [-0.2, -0.15) is 0 Å². The highest BCUT2D eigenvalue weighted by Gasteiger charge is 2.32. The molecule has 0 saturated heterocycles. The SMILES string of the molecule is CC(C)(C)NC(=O)[C@@H](Cc1ccccc1)N(Cc1ccc(Cl)c(Cl)c1)C(=O)CCc1ccc2c(c1)OCO2. The molecule has 0 bridgehead atoms. The van der Waals surface area contributed by atoms with Gasteiger partial charge in [0.2, 0.25) is 18.6 Å². The largest absolute Gasteiger partial charge is 0.454 e. The third-order valence-corrected chi connectivity index (χ3v) is 6.91. The first-order valence-corrected chi connectivity index (χ1v) is 13.3. The third-order valence-electron chi connectivity index (χ3n) is 6.17. The molecule has 3 aromatic carbocycles. The lowest BCUT2D eigenvalue weighted by molar-refractivity contribution is -0.141. The van der Waals surface area contributed by atoms with Crippen LogP contribution in [0.2, 0.25) is 10.0 Å². The molecule has 1 heterocycles. The summed E-state index contributed by atoms with van der Waals surface area (Å²) in [7, 11) is 0. The van der Waals surface area contributed by atoms with Crippen LogP contribution in [0.5, 0.6) is 11.5 Å². The normalized spacial score (nSPS) is 13.2. The molecule has 2 amide bonds. The van der Waals surface area contributed by atoms with Gasteiger partial charge in [-0.05, 0) is 68.1 Å². The second-order valence-electron chi connectivity index (χ2n) is 10.4. The van der Waals surface area contributed by atoms with Crippen LogP contribution in [-0.2, 0) is 29.0 Å². The van der Waals surface area contributed by atoms with Crippen LogP contribution in [0, 0.1) is 0 Å². The maximum atomic E-state index is 13.8. The van der Waals surface area contributed by atoms with Gasteiger partial charge < -0.3 is 19.7 Å². The van der Waals surface area contributed by atoms with Crippen molar-refractivity contribution in [3.8, 4) is 11.5 Å². The Morgan fingerprint density at radius 3 is 2.32 bits per heavy atom. The molecule has 6 nitrogen and oxygen atoms in total. The molecule has 3 aromatic rings. The molecule has 0 saturated carbocycles. The number of halogens is 2. The number of carbonyl (C=O) groups excluding carboxylic acids is 2. The van der Waals surface area contributed by atoms with Gasteiger partial charge in [0.25, 0.3) is 0 Å². The second kappa shape index (κ2) is 12.1. The number of rotatable bonds is 9. The Morgan fingerprint density at radius 1 is 0.895 bits per heavy atom. The third kappa shape index (κ3) is 7.42. The zero-order valence-electron chi connectivity index (χ0n) is 21.8. The van der Waals surface area contributed by atoms with E-state index in [1.165, 1.54) is 0 Å². The second-order valence-corrected chi connectivity index (χ2v) is 11.2. The fourth-order valence-corrected chi connectivity index (χ4v) is 4.65. The monoisotopic (exact) mass is 554 g/mol. The Bertz CT molecular complexity index is 1290. The molecule has 0 radical (unpaired) electrons. The molecule has 0 fully saturated rings. The summed E-state index contributed by atoms with van der Waals surface area (Å²) in [6.07, 6.45) is 1.08. The summed E-state index contributed by atoms with van der Waals surface area (Å²) in [5.74, 6) is 1.02. The van der Waals surface area contributed by atoms with Crippen LogP contribution in [0.15, 0.2) is 66.7 Å². The summed E-state index contributed by atoms with van der Waals surface area (Å²) < 4.78 is 10.9. The van der Waals surface area contributed by atoms with Crippen LogP contribution >= 0.6 is 23.2 Å². The Kier molecular flexibility index (Phi) is 8.85. The van der Waals surface area contributed by atoms with E-state index in [0.29, 0.717) is 34.4 Å². The molecule has 1 N–H and O–H groups in total. The van der Waals surface area contributed by atoms with Crippen molar-refractivity contribution in [3.63, 3.8) is 0 Å². The molecule has 1 aliphatic rings. The van der Waals surface area contributed by atoms with Crippen LogP contribution in [0.25, 0.3) is 0 Å². The van der Waals surface area contributed by atoms with E-state index in [4.69, 9.17) is 32.7 Å². The van der Waals surface area contributed by atoms with E-state index < -0.39 is 11.6 Å². The topological polar surface area (TPSA) is 67.9 Å². The van der Waals surface area contributed by atoms with Crippen molar-refractivity contribution in [3.05, 3.63) is 93.5 Å². The molecule has 38 heavy (non-hydrogen) atoms. The maximum absolute atomic E-state index is 13.8. The molecule has 0 aromatic heterocycles. The Hall–Kier alpha value is -3.22. The molecule has 1 atom stereocenters. The summed E-state index contributed by atoms with van der Waals surface area (Å²) in [5.41, 5.74) is 2.24. The van der Waals surface area contributed by atoms with Gasteiger partial charge in [0, 0.05) is 24.9 Å². The van der Waals surface area contributed by atoms with Gasteiger partial charge in [0.15, 0.2) is 11.5 Å². The van der Waals surface area contributed by atoms with E-state index >= 15 is 0 Å². The highest BCUT2D eigenvalue weighted by atomic mass is 35.5. The Labute approximate surface area is 233 Å². The summed E-state index contributed by atoms with van der Waals surface area (Å²) >= 11 is 12.4. The molecule has 1 aliphatic heterocycles. The quantitative estimate of drug-likeness (QED) is 0.341. The molecular formula is C30H32Cl2N2O4. The van der Waals surface area contributed by atoms with Crippen molar-refractivity contribution in [1.29, 1.82) is 0 Å². The summed E-state index contributed by atoms with van der Waals surface area (Å²) in [5, 5.41) is 3.90. The van der Waals surface area contributed by atoms with Gasteiger partial charge in [-0.15, -0.1) is 0 Å². The van der Waals surface area contributed by atoms with Crippen molar-refractivity contribution in [2.24, 2.45) is 0 Å². The highest BCUT2D eigenvalue weighted by molar-refractivity contribution is 6.42. The van der Waals surface area contributed by atoms with Gasteiger partial charge in [0.1, 0.15) is 6.04 Å². The van der Waals surface area contributed by atoms with E-state index in [1.54, 1.807) is 17.0 Å². The standard InChI is InChI=1S/C30H32Cl2N2O4/c1-30(2,3)33-29(36)25(16-20-7-5-4-6-8-20)34(18-22-9-12-23(31)24(32)15-22)28(35)14-11-21-10-13-26-27(17-21)38-19-37-26/h4-10,12-13,15,17,25H,11,14,16,18-19H2,1-3H3,(H,33,36)/t25-/m1/s1. The predicted octanol–water partition coefficient (Wildman–Crippen LogP) is 6.21. The summed E-state index contributed by atoms with van der Waals surface area (Å²) in [6, 6.07) is 19.9. The smallest absolute Gasteiger partial charge is 0.243 e. The first-order valence-electron chi connectivity index (χ1n) is 12.6. The lowest BCUT2D eigenvalue weighted by atomic mass is 9.99. The fourth-order valence-electron chi connectivity index (χ4n) is 4.33. The van der Waals surface area contributed by atoms with E-state index in [-0.39, 0.29) is 31.6 Å². The van der Waals surface area contributed by atoms with Gasteiger partial charge in [-0.3, -0.25) is 9.59 Å². The van der Waals surface area contributed by atoms with Gasteiger partial charge in [0.05, 0.1) is 10.0 Å². The van der Waals surface area contributed by atoms with Gasteiger partial charge in [-0.1, -0.05) is 65.7 Å². The average molecular weight is 556 g/mol. The van der Waals surface area contributed by atoms with Crippen LogP contribution in [-0.4, -0.2) is 35.1 Å². The lowest BCUT2D eigenvalue weighted by Gasteiger charge is -2.34. The van der Waals surface area contributed by atoms with Crippen molar-refractivity contribution < 1.29 is 19.1 Å². The molecule has 0 spiro atoms. The molecular weight excluding hydrogens is 523 g/mol. The molecule has 8 heteroatoms. The molecule has 0 aliphatic carbocycles. The molecule has 200 valence electrons. The number of aryl methyl sites for hydroxylation is 1. The molecule has 0 unspecified atom stereocenters. The van der Waals surface area contributed by atoms with E-state index in [2.05, 4.69) is 5.32 Å². The number of nitrogens with zero attached hydrogens (tertiary/aromatic N) is 1. The minimum absolute atomic E-state index is 0.140. The average Bonchev–Trinajstić information content (AvgIpc) is 3.34. The number of nitrogens with one attached hydrogen (secondary N) is 1. The zero-order chi connectivity index (χ0) is 27.3. The minimum atomic E-state index is -0.727. The first-order chi connectivity index (χ1) is 18.1. The number of amides is 2. The highest BCUT2D eigenvalue weighted by Crippen LogP contribution is 2.33. The van der Waals surface area contributed by atoms with Crippen molar-refractivity contribution in [1.82, 2.24) is 10.2 Å². The van der Waals surface area contributed by atoms with Crippen molar-refractivity contribution in [2.75, 3.05) is 6.79 Å². The number of hydrogen-bond acceptors (Lipinski definition) is 4. The Balaban J connectivity index is 1.63. The van der Waals surface area contributed by atoms with Crippen LogP contribution in [0.3, 0.4) is 0 Å². The van der Waals surface area contributed by atoms with Crippen molar-refractivity contribution >= 4 is 35.0 Å². The van der Waals surface area contributed by atoms with Crippen LogP contribution < -0.4 is 14.8 Å². The lowest BCUT2D eigenvalue weighted by Crippen LogP contribution is -2.54. The predicted molar refractivity (Wildman–Crippen MR) is 150 cm³/mol. The number of ether oxygens (including phenoxy) is 2. The van der Waals surface area contributed by atoms with Gasteiger partial charge in [-0.25, -0.2) is 0 Å². The number of fused-ring (bicyclic) bond motifs is 1. The van der Waals surface area contributed by atoms with E-state index in [9.17, 15) is 9.59 Å². The number of carbonyl (C=O) groups is 2. The van der Waals surface area contributed by atoms with Crippen LogP contribution in [0.1, 0.15) is 43.9 Å². The van der Waals surface area contributed by atoms with Crippen molar-refractivity contribution in [2.45, 2.75) is 58.2 Å². The van der Waals surface area contributed by atoms with E-state index in [1.807, 2.05) is 75.4 Å². The van der Waals surface area contributed by atoms with E-state index in [0.717, 1.165) is 16.7 Å². The number of hydrogen-bond donors (Lipinski definition) is 1. The summed E-state index contributed by atoms with van der Waals surface area (Å²) in [6.45, 7) is 6.19.